The standard InChI is InChI=1S/C16H24N2O2S/c1-2-3-4-5-6-7-12-18-21(19,20)14-16-10-8-15(13-17)9-11-16/h8-11,18H,2-7,12,14H2,1H3. The molecule has 116 valence electrons. The molecular weight excluding hydrogens is 284 g/mol. The lowest BCUT2D eigenvalue weighted by molar-refractivity contribution is 0.567. The highest BCUT2D eigenvalue weighted by atomic mass is 32.2. The smallest absolute Gasteiger partial charge is 0.215 e. The third-order valence-corrected chi connectivity index (χ3v) is 4.65. The van der Waals surface area contributed by atoms with Crippen LogP contribution in [0.25, 0.3) is 0 Å². The SMILES string of the molecule is CCCCCCCCNS(=O)(=O)Cc1ccc(C#N)cc1. The van der Waals surface area contributed by atoms with Gasteiger partial charge in [-0.25, -0.2) is 13.1 Å². The second-order valence-corrected chi connectivity index (χ2v) is 7.04. The van der Waals surface area contributed by atoms with Crippen LogP contribution >= 0.6 is 0 Å². The van der Waals surface area contributed by atoms with Gasteiger partial charge in [0.05, 0.1) is 17.4 Å². The predicted octanol–water partition coefficient (Wildman–Crippen LogP) is 3.34. The lowest BCUT2D eigenvalue weighted by atomic mass is 10.1. The van der Waals surface area contributed by atoms with Gasteiger partial charge in [0.1, 0.15) is 0 Å². The van der Waals surface area contributed by atoms with Crippen molar-refractivity contribution in [1.82, 2.24) is 4.72 Å². The van der Waals surface area contributed by atoms with Gasteiger partial charge in [-0.2, -0.15) is 5.26 Å². The normalized spacial score (nSPS) is 11.2. The highest BCUT2D eigenvalue weighted by Gasteiger charge is 2.10. The predicted molar refractivity (Wildman–Crippen MR) is 85.2 cm³/mol. The number of nitrogens with zero attached hydrogens (tertiary/aromatic N) is 1. The highest BCUT2D eigenvalue weighted by Crippen LogP contribution is 2.08. The van der Waals surface area contributed by atoms with E-state index in [9.17, 15) is 8.42 Å². The van der Waals surface area contributed by atoms with E-state index >= 15 is 0 Å². The number of unbranched alkanes of at least 4 members (excludes halogenated alkanes) is 5. The molecule has 1 aromatic rings. The minimum atomic E-state index is -3.28. The molecule has 0 atom stereocenters. The van der Waals surface area contributed by atoms with Crippen LogP contribution in [0.1, 0.15) is 56.6 Å². The Hall–Kier alpha value is -1.38. The second kappa shape index (κ2) is 9.54. The Morgan fingerprint density at radius 3 is 2.29 bits per heavy atom. The Balaban J connectivity index is 2.28. The van der Waals surface area contributed by atoms with Crippen molar-refractivity contribution >= 4 is 10.0 Å². The van der Waals surface area contributed by atoms with Gasteiger partial charge in [-0.1, -0.05) is 51.2 Å². The van der Waals surface area contributed by atoms with Gasteiger partial charge in [-0.05, 0) is 24.1 Å². The fourth-order valence-corrected chi connectivity index (χ4v) is 3.27. The van der Waals surface area contributed by atoms with Crippen molar-refractivity contribution in [2.75, 3.05) is 6.54 Å². The first-order chi connectivity index (χ1) is 10.1. The Morgan fingerprint density at radius 1 is 1.05 bits per heavy atom. The van der Waals surface area contributed by atoms with Crippen LogP contribution in [0.5, 0.6) is 0 Å². The van der Waals surface area contributed by atoms with Crippen LogP contribution in [0.15, 0.2) is 24.3 Å². The fourth-order valence-electron chi connectivity index (χ4n) is 2.08. The van der Waals surface area contributed by atoms with Gasteiger partial charge < -0.3 is 0 Å². The number of hydrogen-bond donors (Lipinski definition) is 1. The first-order valence-corrected chi connectivity index (χ1v) is 9.19. The molecule has 0 amide bonds. The quantitative estimate of drug-likeness (QED) is 0.674. The zero-order valence-electron chi connectivity index (χ0n) is 12.6. The third kappa shape index (κ3) is 7.84. The van der Waals surface area contributed by atoms with Gasteiger partial charge in [-0.15, -0.1) is 0 Å². The molecule has 0 bridgehead atoms. The van der Waals surface area contributed by atoms with Gasteiger partial charge in [-0.3, -0.25) is 0 Å². The maximum Gasteiger partial charge on any atom is 0.215 e. The molecule has 0 unspecified atom stereocenters. The summed E-state index contributed by atoms with van der Waals surface area (Å²) in [6.07, 6.45) is 6.83. The molecule has 0 saturated carbocycles. The first kappa shape index (κ1) is 17.7. The van der Waals surface area contributed by atoms with E-state index in [1.165, 1.54) is 25.7 Å². The van der Waals surface area contributed by atoms with Gasteiger partial charge in [0.15, 0.2) is 0 Å². The van der Waals surface area contributed by atoms with Crippen LogP contribution < -0.4 is 4.72 Å². The molecule has 21 heavy (non-hydrogen) atoms. The van der Waals surface area contributed by atoms with E-state index in [1.54, 1.807) is 24.3 Å². The average Bonchev–Trinajstić information content (AvgIpc) is 2.46. The van der Waals surface area contributed by atoms with E-state index in [0.29, 0.717) is 17.7 Å². The Kier molecular flexibility index (Phi) is 8.03. The van der Waals surface area contributed by atoms with E-state index in [-0.39, 0.29) is 5.75 Å². The number of nitriles is 1. The molecule has 0 aliphatic carbocycles. The Labute approximate surface area is 128 Å². The third-order valence-electron chi connectivity index (χ3n) is 3.29. The van der Waals surface area contributed by atoms with Gasteiger partial charge >= 0.3 is 0 Å². The van der Waals surface area contributed by atoms with Crippen LogP contribution in [0.3, 0.4) is 0 Å². The summed E-state index contributed by atoms with van der Waals surface area (Å²) in [6.45, 7) is 2.68. The van der Waals surface area contributed by atoms with Gasteiger partial charge in [0.2, 0.25) is 10.0 Å². The molecule has 5 heteroatoms. The number of hydrogen-bond acceptors (Lipinski definition) is 3. The summed E-state index contributed by atoms with van der Waals surface area (Å²) in [4.78, 5) is 0. The zero-order chi connectivity index (χ0) is 15.6. The van der Waals surface area contributed by atoms with Crippen molar-refractivity contribution < 1.29 is 8.42 Å². The van der Waals surface area contributed by atoms with Crippen molar-refractivity contribution in [3.63, 3.8) is 0 Å². The topological polar surface area (TPSA) is 70.0 Å². The molecule has 0 spiro atoms. The monoisotopic (exact) mass is 308 g/mol. The maximum absolute atomic E-state index is 11.9. The van der Waals surface area contributed by atoms with Crippen molar-refractivity contribution in [2.45, 2.75) is 51.2 Å². The molecule has 0 fully saturated rings. The molecule has 1 rings (SSSR count). The van der Waals surface area contributed by atoms with Crippen molar-refractivity contribution in [1.29, 1.82) is 5.26 Å². The zero-order valence-corrected chi connectivity index (χ0v) is 13.5. The molecule has 1 N–H and O–H groups in total. The van der Waals surface area contributed by atoms with Crippen molar-refractivity contribution in [2.24, 2.45) is 0 Å². The maximum atomic E-state index is 11.9. The lowest BCUT2D eigenvalue weighted by Gasteiger charge is -2.07. The number of benzene rings is 1. The lowest BCUT2D eigenvalue weighted by Crippen LogP contribution is -2.26. The largest absolute Gasteiger partial charge is 0.215 e. The minimum Gasteiger partial charge on any atom is -0.215 e. The van der Waals surface area contributed by atoms with E-state index < -0.39 is 10.0 Å². The van der Waals surface area contributed by atoms with E-state index in [2.05, 4.69) is 11.6 Å². The summed E-state index contributed by atoms with van der Waals surface area (Å²) in [6, 6.07) is 8.66. The first-order valence-electron chi connectivity index (χ1n) is 7.54. The van der Waals surface area contributed by atoms with Crippen LogP contribution in [-0.4, -0.2) is 15.0 Å². The molecular formula is C16H24N2O2S. The summed E-state index contributed by atoms with van der Waals surface area (Å²) < 4.78 is 26.5. The van der Waals surface area contributed by atoms with Crippen LogP contribution in [0, 0.1) is 11.3 Å². The van der Waals surface area contributed by atoms with Gasteiger partial charge in [0, 0.05) is 6.54 Å². The van der Waals surface area contributed by atoms with Crippen molar-refractivity contribution in [3.05, 3.63) is 35.4 Å². The minimum absolute atomic E-state index is 0.0332. The van der Waals surface area contributed by atoms with Crippen LogP contribution in [0.2, 0.25) is 0 Å². The number of nitrogens with one attached hydrogen (secondary N) is 1. The molecule has 0 heterocycles. The summed E-state index contributed by atoms with van der Waals surface area (Å²) in [5.41, 5.74) is 1.24. The fraction of sp³-hybridized carbons (Fsp3) is 0.562. The summed E-state index contributed by atoms with van der Waals surface area (Å²) in [5.74, 6) is -0.0332. The summed E-state index contributed by atoms with van der Waals surface area (Å²) in [5, 5.41) is 8.70. The number of sulfonamides is 1. The average molecular weight is 308 g/mol. The van der Waals surface area contributed by atoms with Crippen molar-refractivity contribution in [3.8, 4) is 6.07 Å². The summed E-state index contributed by atoms with van der Waals surface area (Å²) >= 11 is 0. The second-order valence-electron chi connectivity index (χ2n) is 5.23. The van der Waals surface area contributed by atoms with E-state index in [1.807, 2.05) is 6.07 Å². The van der Waals surface area contributed by atoms with Crippen LogP contribution in [0.4, 0.5) is 0 Å². The highest BCUT2D eigenvalue weighted by molar-refractivity contribution is 7.88. The molecule has 1 aromatic carbocycles. The Morgan fingerprint density at radius 2 is 1.67 bits per heavy atom. The molecule has 0 aliphatic heterocycles. The molecule has 0 aromatic heterocycles. The molecule has 0 aliphatic rings. The van der Waals surface area contributed by atoms with Gasteiger partial charge in [0.25, 0.3) is 0 Å². The molecule has 4 nitrogen and oxygen atoms in total. The van der Waals surface area contributed by atoms with Crippen LogP contribution in [-0.2, 0) is 15.8 Å². The molecule has 0 radical (unpaired) electrons. The molecule has 0 saturated heterocycles. The number of rotatable bonds is 10. The summed E-state index contributed by atoms with van der Waals surface area (Å²) in [7, 11) is -3.28. The van der Waals surface area contributed by atoms with E-state index in [4.69, 9.17) is 5.26 Å². The van der Waals surface area contributed by atoms with E-state index in [0.717, 1.165) is 12.8 Å². The Bertz CT molecular complexity index is 545.